The predicted molar refractivity (Wildman–Crippen MR) is 69.2 cm³/mol. The molecule has 5 nitrogen and oxygen atoms in total. The summed E-state index contributed by atoms with van der Waals surface area (Å²) >= 11 is 0. The van der Waals surface area contributed by atoms with E-state index in [0.29, 0.717) is 0 Å². The predicted octanol–water partition coefficient (Wildman–Crippen LogP) is 1.67. The first kappa shape index (κ1) is 12.8. The number of hydrogen-bond donors (Lipinski definition) is 1. The van der Waals surface area contributed by atoms with E-state index < -0.39 is 6.10 Å². The van der Waals surface area contributed by atoms with Crippen LogP contribution in [0.15, 0.2) is 18.6 Å². The zero-order chi connectivity index (χ0) is 13.1. The fourth-order valence-electron chi connectivity index (χ4n) is 2.11. The van der Waals surface area contributed by atoms with Crippen LogP contribution in [0.5, 0.6) is 0 Å². The zero-order valence-corrected chi connectivity index (χ0v) is 11.2. The third-order valence-electron chi connectivity index (χ3n) is 2.99. The molecule has 98 valence electrons. The van der Waals surface area contributed by atoms with Gasteiger partial charge in [-0.2, -0.15) is 10.2 Å². The molecule has 5 heteroatoms. The summed E-state index contributed by atoms with van der Waals surface area (Å²) in [6.07, 6.45) is 6.72. The van der Waals surface area contributed by atoms with Gasteiger partial charge in [-0.05, 0) is 12.8 Å². The quantitative estimate of drug-likeness (QED) is 0.875. The fraction of sp³-hybridized carbons (Fsp3) is 0.538. The highest BCUT2D eigenvalue weighted by atomic mass is 16.3. The minimum absolute atomic E-state index is 0.640. The van der Waals surface area contributed by atoms with Crippen molar-refractivity contribution in [3.63, 3.8) is 0 Å². The molecular weight excluding hydrogens is 228 g/mol. The molecule has 0 saturated carbocycles. The van der Waals surface area contributed by atoms with Crippen LogP contribution >= 0.6 is 0 Å². The second-order valence-electron chi connectivity index (χ2n) is 4.50. The molecule has 0 saturated heterocycles. The van der Waals surface area contributed by atoms with Crippen LogP contribution in [0, 0.1) is 0 Å². The second kappa shape index (κ2) is 5.35. The van der Waals surface area contributed by atoms with E-state index in [4.69, 9.17) is 0 Å². The normalized spacial score (nSPS) is 12.9. The Balaban J connectivity index is 2.25. The van der Waals surface area contributed by atoms with Crippen molar-refractivity contribution in [3.8, 4) is 0 Å². The van der Waals surface area contributed by atoms with Crippen LogP contribution < -0.4 is 0 Å². The van der Waals surface area contributed by atoms with E-state index in [2.05, 4.69) is 17.1 Å². The molecule has 2 heterocycles. The van der Waals surface area contributed by atoms with Crippen molar-refractivity contribution in [2.75, 3.05) is 0 Å². The van der Waals surface area contributed by atoms with Crippen LogP contribution in [0.1, 0.15) is 43.2 Å². The van der Waals surface area contributed by atoms with E-state index in [0.717, 1.165) is 36.2 Å². The van der Waals surface area contributed by atoms with Gasteiger partial charge in [0.1, 0.15) is 6.10 Å². The minimum atomic E-state index is -0.640. The molecule has 2 aromatic rings. The number of aromatic nitrogens is 4. The molecule has 0 radical (unpaired) electrons. The third-order valence-corrected chi connectivity index (χ3v) is 2.99. The molecule has 0 amide bonds. The molecule has 0 aromatic carbocycles. The Kier molecular flexibility index (Phi) is 3.81. The maximum Gasteiger partial charge on any atom is 0.110 e. The monoisotopic (exact) mass is 248 g/mol. The number of hydrogen-bond acceptors (Lipinski definition) is 3. The first-order chi connectivity index (χ1) is 8.65. The van der Waals surface area contributed by atoms with Crippen LogP contribution in [0.2, 0.25) is 0 Å². The highest BCUT2D eigenvalue weighted by Crippen LogP contribution is 2.24. The molecule has 1 unspecified atom stereocenters. The van der Waals surface area contributed by atoms with E-state index in [1.165, 1.54) is 0 Å². The van der Waals surface area contributed by atoms with Crippen LogP contribution in [-0.2, 0) is 20.0 Å². The summed E-state index contributed by atoms with van der Waals surface area (Å²) in [5.41, 5.74) is 2.63. The van der Waals surface area contributed by atoms with Gasteiger partial charge in [-0.1, -0.05) is 13.8 Å². The largest absolute Gasteiger partial charge is 0.383 e. The Morgan fingerprint density at radius 3 is 2.78 bits per heavy atom. The summed E-state index contributed by atoms with van der Waals surface area (Å²) in [6.45, 7) is 5.02. The van der Waals surface area contributed by atoms with Crippen LogP contribution in [-0.4, -0.2) is 24.7 Å². The van der Waals surface area contributed by atoms with Gasteiger partial charge in [0.25, 0.3) is 0 Å². The molecule has 0 fully saturated rings. The molecule has 0 bridgehead atoms. The van der Waals surface area contributed by atoms with Gasteiger partial charge in [0.05, 0.1) is 11.9 Å². The highest BCUT2D eigenvalue weighted by molar-refractivity contribution is 5.28. The highest BCUT2D eigenvalue weighted by Gasteiger charge is 2.18. The molecule has 2 aromatic heterocycles. The zero-order valence-electron chi connectivity index (χ0n) is 11.2. The Morgan fingerprint density at radius 2 is 2.11 bits per heavy atom. The summed E-state index contributed by atoms with van der Waals surface area (Å²) in [6, 6.07) is 0. The summed E-state index contributed by atoms with van der Waals surface area (Å²) in [5.74, 6) is 0. The fourth-order valence-corrected chi connectivity index (χ4v) is 2.11. The lowest BCUT2D eigenvalue weighted by atomic mass is 10.0. The summed E-state index contributed by atoms with van der Waals surface area (Å²) < 4.78 is 3.61. The van der Waals surface area contributed by atoms with Crippen LogP contribution in [0.4, 0.5) is 0 Å². The maximum atomic E-state index is 10.4. The SMILES string of the molecule is CCCn1cc(C(O)c2cn(C)nc2CC)cn1. The molecular formula is C13H20N4O. The average molecular weight is 248 g/mol. The molecule has 18 heavy (non-hydrogen) atoms. The molecule has 0 spiro atoms. The molecule has 0 aliphatic carbocycles. The van der Waals surface area contributed by atoms with E-state index >= 15 is 0 Å². The molecule has 1 N–H and O–H groups in total. The Labute approximate surface area is 107 Å². The lowest BCUT2D eigenvalue weighted by molar-refractivity contribution is 0.219. The van der Waals surface area contributed by atoms with Crippen molar-refractivity contribution in [1.29, 1.82) is 0 Å². The maximum absolute atomic E-state index is 10.4. The van der Waals surface area contributed by atoms with E-state index in [-0.39, 0.29) is 0 Å². The molecule has 0 aliphatic heterocycles. The van der Waals surface area contributed by atoms with Crippen LogP contribution in [0.3, 0.4) is 0 Å². The van der Waals surface area contributed by atoms with E-state index in [9.17, 15) is 5.11 Å². The topological polar surface area (TPSA) is 55.9 Å². The summed E-state index contributed by atoms with van der Waals surface area (Å²) in [4.78, 5) is 0. The van der Waals surface area contributed by atoms with Gasteiger partial charge in [0, 0.05) is 37.1 Å². The van der Waals surface area contributed by atoms with Crippen molar-refractivity contribution in [3.05, 3.63) is 35.4 Å². The summed E-state index contributed by atoms with van der Waals surface area (Å²) in [5, 5.41) is 19.0. The Morgan fingerprint density at radius 1 is 1.33 bits per heavy atom. The lowest BCUT2D eigenvalue weighted by Crippen LogP contribution is -2.01. The van der Waals surface area contributed by atoms with Gasteiger partial charge < -0.3 is 5.11 Å². The minimum Gasteiger partial charge on any atom is -0.383 e. The van der Waals surface area contributed by atoms with Crippen molar-refractivity contribution >= 4 is 0 Å². The lowest BCUT2D eigenvalue weighted by Gasteiger charge is -2.07. The first-order valence-corrected chi connectivity index (χ1v) is 6.38. The van der Waals surface area contributed by atoms with Crippen molar-refractivity contribution < 1.29 is 5.11 Å². The van der Waals surface area contributed by atoms with E-state index in [1.54, 1.807) is 10.9 Å². The molecule has 1 atom stereocenters. The standard InChI is InChI=1S/C13H20N4O/c1-4-6-17-8-10(7-14-17)13(18)11-9-16(3)15-12(11)5-2/h7-9,13,18H,4-6H2,1-3H3. The molecule has 0 aliphatic rings. The van der Waals surface area contributed by atoms with Crippen molar-refractivity contribution in [2.45, 2.75) is 39.3 Å². The van der Waals surface area contributed by atoms with Gasteiger partial charge >= 0.3 is 0 Å². The molecule has 2 rings (SSSR count). The van der Waals surface area contributed by atoms with Gasteiger partial charge in [0.15, 0.2) is 0 Å². The Hall–Kier alpha value is -1.62. The second-order valence-corrected chi connectivity index (χ2v) is 4.50. The third kappa shape index (κ3) is 2.46. The van der Waals surface area contributed by atoms with Crippen LogP contribution in [0.25, 0.3) is 0 Å². The van der Waals surface area contributed by atoms with E-state index in [1.807, 2.05) is 31.0 Å². The van der Waals surface area contributed by atoms with Crippen molar-refractivity contribution in [1.82, 2.24) is 19.6 Å². The smallest absolute Gasteiger partial charge is 0.110 e. The number of aryl methyl sites for hydroxylation is 3. The Bertz CT molecular complexity index is 515. The van der Waals surface area contributed by atoms with Gasteiger partial charge in [0.2, 0.25) is 0 Å². The van der Waals surface area contributed by atoms with Gasteiger partial charge in [-0.15, -0.1) is 0 Å². The average Bonchev–Trinajstić information content (AvgIpc) is 2.95. The van der Waals surface area contributed by atoms with Gasteiger partial charge in [-0.25, -0.2) is 0 Å². The summed E-state index contributed by atoms with van der Waals surface area (Å²) in [7, 11) is 1.87. The number of aliphatic hydroxyl groups excluding tert-OH is 1. The number of rotatable bonds is 5. The number of aliphatic hydroxyl groups is 1. The first-order valence-electron chi connectivity index (χ1n) is 6.38. The number of nitrogens with zero attached hydrogens (tertiary/aromatic N) is 4. The van der Waals surface area contributed by atoms with Crippen molar-refractivity contribution in [2.24, 2.45) is 7.05 Å². The van der Waals surface area contributed by atoms with Gasteiger partial charge in [-0.3, -0.25) is 9.36 Å².